The SMILES string of the molecule is CC(C)(C)CCCN1CCN(C(=O)c2ccno2)CC1. The Morgan fingerprint density at radius 1 is 1.30 bits per heavy atom. The van der Waals surface area contributed by atoms with Crippen LogP contribution >= 0.6 is 0 Å². The van der Waals surface area contributed by atoms with Gasteiger partial charge < -0.3 is 9.42 Å². The van der Waals surface area contributed by atoms with E-state index in [1.807, 2.05) is 4.90 Å². The molecule has 1 aliphatic heterocycles. The van der Waals surface area contributed by atoms with Crippen LogP contribution in [0.4, 0.5) is 0 Å². The van der Waals surface area contributed by atoms with Gasteiger partial charge in [-0.05, 0) is 24.8 Å². The lowest BCUT2D eigenvalue weighted by atomic mass is 9.90. The molecule has 0 N–H and O–H groups in total. The van der Waals surface area contributed by atoms with E-state index in [9.17, 15) is 4.79 Å². The first-order chi connectivity index (χ1) is 9.46. The lowest BCUT2D eigenvalue weighted by Crippen LogP contribution is -2.48. The van der Waals surface area contributed by atoms with E-state index >= 15 is 0 Å². The summed E-state index contributed by atoms with van der Waals surface area (Å²) < 4.78 is 4.92. The third kappa shape index (κ3) is 4.34. The average molecular weight is 279 g/mol. The number of hydrogen-bond acceptors (Lipinski definition) is 4. The van der Waals surface area contributed by atoms with Gasteiger partial charge in [0.15, 0.2) is 0 Å². The van der Waals surface area contributed by atoms with Crippen molar-refractivity contribution in [3.05, 3.63) is 18.0 Å². The summed E-state index contributed by atoms with van der Waals surface area (Å²) in [6.07, 6.45) is 3.97. The molecule has 0 bridgehead atoms. The van der Waals surface area contributed by atoms with Crippen molar-refractivity contribution in [1.29, 1.82) is 0 Å². The summed E-state index contributed by atoms with van der Waals surface area (Å²) in [5.74, 6) is 0.294. The Morgan fingerprint density at radius 3 is 2.55 bits per heavy atom. The number of carbonyl (C=O) groups excluding carboxylic acids is 1. The van der Waals surface area contributed by atoms with Gasteiger partial charge in [0.1, 0.15) is 0 Å². The number of piperazine rings is 1. The van der Waals surface area contributed by atoms with Crippen molar-refractivity contribution in [3.8, 4) is 0 Å². The highest BCUT2D eigenvalue weighted by Crippen LogP contribution is 2.20. The number of nitrogens with zero attached hydrogens (tertiary/aromatic N) is 3. The molecule has 0 unspecified atom stereocenters. The van der Waals surface area contributed by atoms with Gasteiger partial charge in [-0.2, -0.15) is 0 Å². The quantitative estimate of drug-likeness (QED) is 0.848. The van der Waals surface area contributed by atoms with Crippen LogP contribution in [0.3, 0.4) is 0 Å². The van der Waals surface area contributed by atoms with Crippen LogP contribution in [0, 0.1) is 5.41 Å². The van der Waals surface area contributed by atoms with Crippen LogP contribution in [0.5, 0.6) is 0 Å². The summed E-state index contributed by atoms with van der Waals surface area (Å²) >= 11 is 0. The molecule has 0 spiro atoms. The summed E-state index contributed by atoms with van der Waals surface area (Å²) in [4.78, 5) is 16.4. The van der Waals surface area contributed by atoms with E-state index in [2.05, 4.69) is 30.8 Å². The van der Waals surface area contributed by atoms with Gasteiger partial charge in [-0.1, -0.05) is 25.9 Å². The van der Waals surface area contributed by atoms with Gasteiger partial charge in [0.05, 0.1) is 6.20 Å². The van der Waals surface area contributed by atoms with Crippen LogP contribution in [-0.4, -0.2) is 53.6 Å². The Balaban J connectivity index is 1.71. The molecule has 1 saturated heterocycles. The molecule has 2 rings (SSSR count). The lowest BCUT2D eigenvalue weighted by molar-refractivity contribution is 0.0592. The molecule has 1 fully saturated rings. The molecule has 0 aliphatic carbocycles. The Kier molecular flexibility index (Phi) is 4.81. The maximum Gasteiger partial charge on any atom is 0.292 e. The second-order valence-electron chi connectivity index (χ2n) is 6.67. The molecule has 1 aromatic heterocycles. The van der Waals surface area contributed by atoms with E-state index in [0.717, 1.165) is 32.7 Å². The van der Waals surface area contributed by atoms with E-state index in [1.54, 1.807) is 6.07 Å². The summed E-state index contributed by atoms with van der Waals surface area (Å²) in [6, 6.07) is 1.62. The van der Waals surface area contributed by atoms with Crippen molar-refractivity contribution < 1.29 is 9.32 Å². The van der Waals surface area contributed by atoms with Gasteiger partial charge in [0, 0.05) is 32.2 Å². The predicted octanol–water partition coefficient (Wildman–Crippen LogP) is 2.26. The zero-order valence-corrected chi connectivity index (χ0v) is 12.8. The molecule has 1 aromatic rings. The van der Waals surface area contributed by atoms with E-state index in [1.165, 1.54) is 19.0 Å². The molecule has 1 aliphatic rings. The highest BCUT2D eigenvalue weighted by atomic mass is 16.5. The van der Waals surface area contributed by atoms with Crippen LogP contribution < -0.4 is 0 Å². The zero-order chi connectivity index (χ0) is 14.6. The van der Waals surface area contributed by atoms with Crippen LogP contribution in [0.2, 0.25) is 0 Å². The van der Waals surface area contributed by atoms with Crippen molar-refractivity contribution in [3.63, 3.8) is 0 Å². The normalized spacial score (nSPS) is 17.4. The second kappa shape index (κ2) is 6.39. The van der Waals surface area contributed by atoms with Gasteiger partial charge in [0.25, 0.3) is 5.91 Å². The zero-order valence-electron chi connectivity index (χ0n) is 12.8. The molecule has 0 atom stereocenters. The van der Waals surface area contributed by atoms with E-state index in [0.29, 0.717) is 11.2 Å². The van der Waals surface area contributed by atoms with Crippen LogP contribution in [0.25, 0.3) is 0 Å². The molecular weight excluding hydrogens is 254 g/mol. The average Bonchev–Trinajstić information content (AvgIpc) is 2.91. The van der Waals surface area contributed by atoms with E-state index in [-0.39, 0.29) is 5.91 Å². The van der Waals surface area contributed by atoms with Gasteiger partial charge in [-0.3, -0.25) is 9.69 Å². The Bertz CT molecular complexity index is 415. The summed E-state index contributed by atoms with van der Waals surface area (Å²) in [6.45, 7) is 11.4. The minimum Gasteiger partial charge on any atom is -0.351 e. The Labute approximate surface area is 120 Å². The first kappa shape index (κ1) is 15.0. The highest BCUT2D eigenvalue weighted by molar-refractivity contribution is 5.91. The maximum atomic E-state index is 12.1. The number of aromatic nitrogens is 1. The van der Waals surface area contributed by atoms with Crippen molar-refractivity contribution in [2.24, 2.45) is 5.41 Å². The standard InChI is InChI=1S/C15H25N3O2/c1-15(2,3)6-4-8-17-9-11-18(12-10-17)14(19)13-5-7-16-20-13/h5,7H,4,6,8-12H2,1-3H3. The van der Waals surface area contributed by atoms with Crippen molar-refractivity contribution >= 4 is 5.91 Å². The van der Waals surface area contributed by atoms with Gasteiger partial charge in [-0.15, -0.1) is 0 Å². The molecule has 20 heavy (non-hydrogen) atoms. The fraction of sp³-hybridized carbons (Fsp3) is 0.733. The van der Waals surface area contributed by atoms with Gasteiger partial charge in [-0.25, -0.2) is 0 Å². The molecule has 0 radical (unpaired) electrons. The number of hydrogen-bond donors (Lipinski definition) is 0. The third-order valence-electron chi connectivity index (χ3n) is 3.71. The minimum absolute atomic E-state index is 0.0446. The maximum absolute atomic E-state index is 12.1. The first-order valence-electron chi connectivity index (χ1n) is 7.38. The molecule has 5 nitrogen and oxygen atoms in total. The van der Waals surface area contributed by atoms with E-state index < -0.39 is 0 Å². The third-order valence-corrected chi connectivity index (χ3v) is 3.71. The fourth-order valence-corrected chi connectivity index (χ4v) is 2.49. The molecule has 0 aromatic carbocycles. The molecule has 0 saturated carbocycles. The van der Waals surface area contributed by atoms with Crippen LogP contribution in [-0.2, 0) is 0 Å². The lowest BCUT2D eigenvalue weighted by Gasteiger charge is -2.34. The summed E-state index contributed by atoms with van der Waals surface area (Å²) in [5.41, 5.74) is 0.407. The highest BCUT2D eigenvalue weighted by Gasteiger charge is 2.24. The molecule has 5 heteroatoms. The number of carbonyl (C=O) groups is 1. The first-order valence-corrected chi connectivity index (χ1v) is 7.38. The minimum atomic E-state index is -0.0446. The monoisotopic (exact) mass is 279 g/mol. The Hall–Kier alpha value is -1.36. The molecule has 112 valence electrons. The van der Waals surface area contributed by atoms with Crippen molar-refractivity contribution in [2.45, 2.75) is 33.6 Å². The molecule has 1 amide bonds. The fourth-order valence-electron chi connectivity index (χ4n) is 2.49. The summed E-state index contributed by atoms with van der Waals surface area (Å²) in [5, 5.41) is 3.58. The van der Waals surface area contributed by atoms with Crippen molar-refractivity contribution in [1.82, 2.24) is 15.0 Å². The van der Waals surface area contributed by atoms with Crippen LogP contribution in [0.15, 0.2) is 16.8 Å². The number of rotatable bonds is 4. The van der Waals surface area contributed by atoms with E-state index in [4.69, 9.17) is 4.52 Å². The number of amides is 1. The Morgan fingerprint density at radius 2 is 2.00 bits per heavy atom. The van der Waals surface area contributed by atoms with Gasteiger partial charge in [0.2, 0.25) is 5.76 Å². The molecular formula is C15H25N3O2. The molecule has 2 heterocycles. The predicted molar refractivity (Wildman–Crippen MR) is 77.5 cm³/mol. The largest absolute Gasteiger partial charge is 0.351 e. The summed E-state index contributed by atoms with van der Waals surface area (Å²) in [7, 11) is 0. The smallest absolute Gasteiger partial charge is 0.292 e. The topological polar surface area (TPSA) is 49.6 Å². The van der Waals surface area contributed by atoms with Gasteiger partial charge >= 0.3 is 0 Å². The van der Waals surface area contributed by atoms with Crippen molar-refractivity contribution in [2.75, 3.05) is 32.7 Å². The second-order valence-corrected chi connectivity index (χ2v) is 6.67. The van der Waals surface area contributed by atoms with Crippen LogP contribution in [0.1, 0.15) is 44.2 Å².